The second-order valence-corrected chi connectivity index (χ2v) is 7.23. The SMILES string of the molecule is CC(CC(=O)NCCCN1CCCCCC1)C1CCNCC1.Cl.Cl. The third-order valence-corrected chi connectivity index (χ3v) is 5.37. The molecule has 24 heavy (non-hydrogen) atoms. The van der Waals surface area contributed by atoms with Crippen LogP contribution >= 0.6 is 24.8 Å². The van der Waals surface area contributed by atoms with Crippen LogP contribution in [-0.4, -0.2) is 50.1 Å². The number of carbonyl (C=O) groups is 1. The van der Waals surface area contributed by atoms with Gasteiger partial charge in [-0.05, 0) is 76.7 Å². The second-order valence-electron chi connectivity index (χ2n) is 7.23. The lowest BCUT2D eigenvalue weighted by Gasteiger charge is -2.28. The summed E-state index contributed by atoms with van der Waals surface area (Å²) in [6, 6.07) is 0. The van der Waals surface area contributed by atoms with Crippen LogP contribution < -0.4 is 10.6 Å². The summed E-state index contributed by atoms with van der Waals surface area (Å²) in [6.45, 7) is 8.96. The number of likely N-dealkylation sites (tertiary alicyclic amines) is 1. The lowest BCUT2D eigenvalue weighted by atomic mass is 9.84. The molecule has 4 nitrogen and oxygen atoms in total. The molecule has 2 N–H and O–H groups in total. The maximum Gasteiger partial charge on any atom is 0.220 e. The molecule has 0 saturated carbocycles. The molecule has 0 spiro atoms. The Labute approximate surface area is 160 Å². The summed E-state index contributed by atoms with van der Waals surface area (Å²) in [6.07, 6.45) is 9.72. The standard InChI is InChI=1S/C18H35N3O.2ClH/c1-16(17-7-10-19-11-8-17)15-18(22)20-9-6-14-21-12-4-2-3-5-13-21;;/h16-17,19H,2-15H2,1H3,(H,20,22);2*1H. The minimum atomic E-state index is 0. The number of amides is 1. The fourth-order valence-electron chi connectivity index (χ4n) is 3.83. The third kappa shape index (κ3) is 9.45. The molecule has 2 aliphatic heterocycles. The molecular weight excluding hydrogens is 345 g/mol. The Bertz CT molecular complexity index is 317. The number of hydrogen-bond acceptors (Lipinski definition) is 3. The number of carbonyl (C=O) groups excluding carboxylic acids is 1. The van der Waals surface area contributed by atoms with Crippen molar-refractivity contribution in [3.63, 3.8) is 0 Å². The molecule has 2 saturated heterocycles. The molecule has 0 bridgehead atoms. The van der Waals surface area contributed by atoms with E-state index in [-0.39, 0.29) is 30.7 Å². The van der Waals surface area contributed by atoms with Gasteiger partial charge in [0.2, 0.25) is 5.91 Å². The lowest BCUT2D eigenvalue weighted by Crippen LogP contribution is -2.34. The van der Waals surface area contributed by atoms with Crippen molar-refractivity contribution in [1.82, 2.24) is 15.5 Å². The topological polar surface area (TPSA) is 44.4 Å². The molecule has 0 radical (unpaired) electrons. The van der Waals surface area contributed by atoms with Crippen LogP contribution in [0.5, 0.6) is 0 Å². The van der Waals surface area contributed by atoms with Gasteiger partial charge in [-0.15, -0.1) is 24.8 Å². The molecule has 6 heteroatoms. The van der Waals surface area contributed by atoms with Crippen LogP contribution in [0.1, 0.15) is 58.3 Å². The fraction of sp³-hybridized carbons (Fsp3) is 0.944. The van der Waals surface area contributed by atoms with Crippen molar-refractivity contribution >= 4 is 30.7 Å². The number of piperidine rings is 1. The Morgan fingerprint density at radius 3 is 2.38 bits per heavy atom. The highest BCUT2D eigenvalue weighted by Crippen LogP contribution is 2.24. The Hall–Kier alpha value is -0.0300. The number of nitrogens with zero attached hydrogens (tertiary/aromatic N) is 1. The first-order valence-electron chi connectivity index (χ1n) is 9.45. The largest absolute Gasteiger partial charge is 0.356 e. The maximum atomic E-state index is 12.1. The Kier molecular flexibility index (Phi) is 14.2. The van der Waals surface area contributed by atoms with Gasteiger partial charge in [0, 0.05) is 13.0 Å². The molecule has 2 aliphatic rings. The van der Waals surface area contributed by atoms with Crippen molar-refractivity contribution in [3.8, 4) is 0 Å². The number of hydrogen-bond donors (Lipinski definition) is 2. The van der Waals surface area contributed by atoms with Gasteiger partial charge in [0.05, 0.1) is 0 Å². The molecule has 0 aromatic heterocycles. The van der Waals surface area contributed by atoms with Gasteiger partial charge in [0.1, 0.15) is 0 Å². The van der Waals surface area contributed by atoms with E-state index in [1.807, 2.05) is 0 Å². The number of nitrogens with one attached hydrogen (secondary N) is 2. The van der Waals surface area contributed by atoms with E-state index in [0.29, 0.717) is 12.3 Å². The predicted octanol–water partition coefficient (Wildman–Crippen LogP) is 3.24. The van der Waals surface area contributed by atoms with E-state index in [1.54, 1.807) is 0 Å². The highest BCUT2D eigenvalue weighted by Gasteiger charge is 2.21. The first-order chi connectivity index (χ1) is 10.8. The molecule has 0 aromatic rings. The maximum absolute atomic E-state index is 12.1. The lowest BCUT2D eigenvalue weighted by molar-refractivity contribution is -0.122. The Morgan fingerprint density at radius 1 is 1.12 bits per heavy atom. The van der Waals surface area contributed by atoms with Crippen LogP contribution in [0.25, 0.3) is 0 Å². The first kappa shape index (κ1) is 24.0. The highest BCUT2D eigenvalue weighted by atomic mass is 35.5. The van der Waals surface area contributed by atoms with E-state index in [2.05, 4.69) is 22.5 Å². The molecular formula is C18H37Cl2N3O. The van der Waals surface area contributed by atoms with Gasteiger partial charge in [-0.3, -0.25) is 4.79 Å². The molecule has 0 aromatic carbocycles. The van der Waals surface area contributed by atoms with Crippen LogP contribution in [-0.2, 0) is 4.79 Å². The van der Waals surface area contributed by atoms with E-state index < -0.39 is 0 Å². The van der Waals surface area contributed by atoms with Crippen LogP contribution in [0.15, 0.2) is 0 Å². The van der Waals surface area contributed by atoms with Crippen LogP contribution in [0, 0.1) is 11.8 Å². The smallest absolute Gasteiger partial charge is 0.220 e. The zero-order chi connectivity index (χ0) is 15.6. The van der Waals surface area contributed by atoms with E-state index in [9.17, 15) is 4.79 Å². The molecule has 2 rings (SSSR count). The highest BCUT2D eigenvalue weighted by molar-refractivity contribution is 5.85. The summed E-state index contributed by atoms with van der Waals surface area (Å²) < 4.78 is 0. The number of halogens is 2. The summed E-state index contributed by atoms with van der Waals surface area (Å²) in [5.41, 5.74) is 0. The second kappa shape index (κ2) is 14.2. The Balaban J connectivity index is 0.00000264. The minimum Gasteiger partial charge on any atom is -0.356 e. The van der Waals surface area contributed by atoms with E-state index in [4.69, 9.17) is 0 Å². The molecule has 1 atom stereocenters. The van der Waals surface area contributed by atoms with E-state index >= 15 is 0 Å². The normalized spacial score (nSPS) is 21.0. The van der Waals surface area contributed by atoms with Gasteiger partial charge < -0.3 is 15.5 Å². The molecule has 2 fully saturated rings. The van der Waals surface area contributed by atoms with E-state index in [1.165, 1.54) is 51.6 Å². The summed E-state index contributed by atoms with van der Waals surface area (Å²) in [5.74, 6) is 1.50. The van der Waals surface area contributed by atoms with Gasteiger partial charge in [-0.1, -0.05) is 19.8 Å². The van der Waals surface area contributed by atoms with Gasteiger partial charge in [0.15, 0.2) is 0 Å². The minimum absolute atomic E-state index is 0. The van der Waals surface area contributed by atoms with Crippen LogP contribution in [0.2, 0.25) is 0 Å². The zero-order valence-electron chi connectivity index (χ0n) is 15.2. The monoisotopic (exact) mass is 381 g/mol. The summed E-state index contributed by atoms with van der Waals surface area (Å²) >= 11 is 0. The van der Waals surface area contributed by atoms with Gasteiger partial charge in [0.25, 0.3) is 0 Å². The predicted molar refractivity (Wildman–Crippen MR) is 106 cm³/mol. The molecule has 1 amide bonds. The quantitative estimate of drug-likeness (QED) is 0.665. The molecule has 0 aliphatic carbocycles. The molecule has 144 valence electrons. The van der Waals surface area contributed by atoms with Crippen molar-refractivity contribution in [2.45, 2.75) is 58.3 Å². The van der Waals surface area contributed by atoms with Crippen molar-refractivity contribution in [3.05, 3.63) is 0 Å². The zero-order valence-corrected chi connectivity index (χ0v) is 16.9. The van der Waals surface area contributed by atoms with Crippen molar-refractivity contribution < 1.29 is 4.79 Å². The van der Waals surface area contributed by atoms with Crippen molar-refractivity contribution in [1.29, 1.82) is 0 Å². The average molecular weight is 382 g/mol. The summed E-state index contributed by atoms with van der Waals surface area (Å²) in [7, 11) is 0. The van der Waals surface area contributed by atoms with Gasteiger partial charge in [-0.25, -0.2) is 0 Å². The molecule has 1 unspecified atom stereocenters. The first-order valence-corrected chi connectivity index (χ1v) is 9.45. The summed E-state index contributed by atoms with van der Waals surface area (Å²) in [5, 5.41) is 6.52. The van der Waals surface area contributed by atoms with Crippen LogP contribution in [0.4, 0.5) is 0 Å². The Morgan fingerprint density at radius 2 is 1.75 bits per heavy atom. The number of rotatable bonds is 7. The van der Waals surface area contributed by atoms with Crippen molar-refractivity contribution in [2.75, 3.05) is 39.3 Å². The fourth-order valence-corrected chi connectivity index (χ4v) is 3.83. The molecule has 2 heterocycles. The van der Waals surface area contributed by atoms with Crippen molar-refractivity contribution in [2.24, 2.45) is 11.8 Å². The average Bonchev–Trinajstić information content (AvgIpc) is 2.81. The van der Waals surface area contributed by atoms with E-state index in [0.717, 1.165) is 38.5 Å². The summed E-state index contributed by atoms with van der Waals surface area (Å²) in [4.78, 5) is 14.6. The van der Waals surface area contributed by atoms with Crippen LogP contribution in [0.3, 0.4) is 0 Å². The van der Waals surface area contributed by atoms with Gasteiger partial charge in [-0.2, -0.15) is 0 Å². The third-order valence-electron chi connectivity index (χ3n) is 5.37. The van der Waals surface area contributed by atoms with Gasteiger partial charge >= 0.3 is 0 Å².